The van der Waals surface area contributed by atoms with Crippen LogP contribution in [0.4, 0.5) is 10.6 Å². The van der Waals surface area contributed by atoms with E-state index in [-0.39, 0.29) is 6.03 Å². The number of aromatic nitrogens is 4. The Labute approximate surface area is 139 Å². The van der Waals surface area contributed by atoms with Gasteiger partial charge in [-0.15, -0.1) is 10.2 Å². The Kier molecular flexibility index (Phi) is 3.60. The first-order chi connectivity index (χ1) is 11.7. The van der Waals surface area contributed by atoms with E-state index in [2.05, 4.69) is 20.6 Å². The summed E-state index contributed by atoms with van der Waals surface area (Å²) in [7, 11) is 1.94. The molecule has 3 heterocycles. The van der Waals surface area contributed by atoms with Crippen molar-refractivity contribution in [3.8, 4) is 0 Å². The lowest BCUT2D eigenvalue weighted by Gasteiger charge is -2.20. The van der Waals surface area contributed by atoms with Gasteiger partial charge in [0.15, 0.2) is 5.82 Å². The molecule has 24 heavy (non-hydrogen) atoms. The molecular weight excluding hydrogens is 304 g/mol. The summed E-state index contributed by atoms with van der Waals surface area (Å²) < 4.78 is 1.89. The summed E-state index contributed by atoms with van der Waals surface area (Å²) in [6.07, 6.45) is 3.70. The Balaban J connectivity index is 1.52. The van der Waals surface area contributed by atoms with Gasteiger partial charge in [0.05, 0.1) is 18.3 Å². The predicted molar refractivity (Wildman–Crippen MR) is 90.5 cm³/mol. The van der Waals surface area contributed by atoms with Gasteiger partial charge in [0.1, 0.15) is 0 Å². The van der Waals surface area contributed by atoms with Gasteiger partial charge in [-0.2, -0.15) is 5.10 Å². The Morgan fingerprint density at radius 1 is 1.25 bits per heavy atom. The highest BCUT2D eigenvalue weighted by atomic mass is 16.2. The summed E-state index contributed by atoms with van der Waals surface area (Å²) >= 11 is 0. The average molecular weight is 322 g/mol. The summed E-state index contributed by atoms with van der Waals surface area (Å²) in [6, 6.07) is 9.39. The molecule has 4 rings (SSSR count). The SMILES string of the molecule is Cn1ncc2c1CCCN(C(=O)Nc1cc3ccccc3nn1)C2. The van der Waals surface area contributed by atoms with Crippen LogP contribution in [0, 0.1) is 0 Å². The second-order valence-corrected chi connectivity index (χ2v) is 5.98. The van der Waals surface area contributed by atoms with Crippen LogP contribution in [-0.2, 0) is 20.0 Å². The van der Waals surface area contributed by atoms with Crippen molar-refractivity contribution in [3.63, 3.8) is 0 Å². The molecule has 122 valence electrons. The number of carbonyl (C=O) groups is 1. The lowest BCUT2D eigenvalue weighted by Crippen LogP contribution is -2.34. The molecule has 7 heteroatoms. The van der Waals surface area contributed by atoms with Crippen LogP contribution >= 0.6 is 0 Å². The second kappa shape index (κ2) is 5.92. The Morgan fingerprint density at radius 2 is 2.12 bits per heavy atom. The molecule has 0 aliphatic carbocycles. The predicted octanol–water partition coefficient (Wildman–Crippen LogP) is 2.34. The second-order valence-electron chi connectivity index (χ2n) is 5.98. The zero-order valence-electron chi connectivity index (χ0n) is 13.4. The van der Waals surface area contributed by atoms with Gasteiger partial charge in [0, 0.05) is 30.2 Å². The lowest BCUT2D eigenvalue weighted by molar-refractivity contribution is 0.210. The first kappa shape index (κ1) is 14.6. The standard InChI is InChI=1S/C17H18N6O/c1-22-15-7-4-8-23(11-13(15)10-18-22)17(24)19-16-9-12-5-2-3-6-14(12)20-21-16/h2-3,5-6,9-10H,4,7-8,11H2,1H3,(H,19,21,24). The topological polar surface area (TPSA) is 75.9 Å². The molecule has 0 bridgehead atoms. The van der Waals surface area contributed by atoms with Gasteiger partial charge in [0.25, 0.3) is 0 Å². The Hall–Kier alpha value is -2.96. The summed E-state index contributed by atoms with van der Waals surface area (Å²) in [5, 5.41) is 16.3. The van der Waals surface area contributed by atoms with Gasteiger partial charge >= 0.3 is 6.03 Å². The Morgan fingerprint density at radius 3 is 3.04 bits per heavy atom. The molecule has 0 radical (unpaired) electrons. The van der Waals surface area contributed by atoms with E-state index in [0.717, 1.165) is 29.3 Å². The van der Waals surface area contributed by atoms with E-state index in [1.807, 2.05) is 48.3 Å². The highest BCUT2D eigenvalue weighted by molar-refractivity contribution is 5.90. The normalized spacial score (nSPS) is 14.3. The minimum atomic E-state index is -0.156. The van der Waals surface area contributed by atoms with Gasteiger partial charge in [-0.25, -0.2) is 4.79 Å². The van der Waals surface area contributed by atoms with Crippen molar-refractivity contribution in [2.24, 2.45) is 7.05 Å². The van der Waals surface area contributed by atoms with E-state index in [4.69, 9.17) is 0 Å². The van der Waals surface area contributed by atoms with Crippen LogP contribution < -0.4 is 5.32 Å². The molecular formula is C17H18N6O. The van der Waals surface area contributed by atoms with Crippen molar-refractivity contribution >= 4 is 22.8 Å². The van der Waals surface area contributed by atoms with Crippen molar-refractivity contribution in [2.45, 2.75) is 19.4 Å². The third kappa shape index (κ3) is 2.68. The van der Waals surface area contributed by atoms with Gasteiger partial charge in [-0.1, -0.05) is 18.2 Å². The van der Waals surface area contributed by atoms with Crippen LogP contribution in [0.2, 0.25) is 0 Å². The molecule has 1 aromatic carbocycles. The van der Waals surface area contributed by atoms with Crippen LogP contribution in [-0.4, -0.2) is 37.5 Å². The van der Waals surface area contributed by atoms with Crippen molar-refractivity contribution in [1.29, 1.82) is 0 Å². The van der Waals surface area contributed by atoms with E-state index >= 15 is 0 Å². The maximum atomic E-state index is 12.6. The minimum absolute atomic E-state index is 0.156. The number of hydrogen-bond donors (Lipinski definition) is 1. The lowest BCUT2D eigenvalue weighted by atomic mass is 10.2. The summed E-state index contributed by atoms with van der Waals surface area (Å²) in [6.45, 7) is 1.28. The number of carbonyl (C=O) groups excluding carboxylic acids is 1. The van der Waals surface area contributed by atoms with Crippen molar-refractivity contribution < 1.29 is 4.79 Å². The number of aryl methyl sites for hydroxylation is 1. The number of hydrogen-bond acceptors (Lipinski definition) is 4. The minimum Gasteiger partial charge on any atom is -0.320 e. The number of nitrogens with one attached hydrogen (secondary N) is 1. The number of rotatable bonds is 1. The number of amides is 2. The molecule has 0 saturated carbocycles. The fourth-order valence-electron chi connectivity index (χ4n) is 3.09. The van der Waals surface area contributed by atoms with E-state index in [9.17, 15) is 4.79 Å². The smallest absolute Gasteiger partial charge is 0.320 e. The van der Waals surface area contributed by atoms with E-state index in [1.165, 1.54) is 5.69 Å². The number of nitrogens with zero attached hydrogens (tertiary/aromatic N) is 5. The zero-order chi connectivity index (χ0) is 16.5. The number of urea groups is 1. The molecule has 2 aromatic heterocycles. The van der Waals surface area contributed by atoms with Gasteiger partial charge in [-0.3, -0.25) is 10.00 Å². The van der Waals surface area contributed by atoms with Crippen LogP contribution in [0.15, 0.2) is 36.5 Å². The van der Waals surface area contributed by atoms with Crippen molar-refractivity contribution in [2.75, 3.05) is 11.9 Å². The molecule has 1 aliphatic rings. The average Bonchev–Trinajstić information content (AvgIpc) is 2.82. The number of anilines is 1. The van der Waals surface area contributed by atoms with Crippen molar-refractivity contribution in [1.82, 2.24) is 24.9 Å². The summed E-state index contributed by atoms with van der Waals surface area (Å²) in [4.78, 5) is 14.4. The van der Waals surface area contributed by atoms with Crippen LogP contribution in [0.1, 0.15) is 17.7 Å². The molecule has 0 spiro atoms. The maximum Gasteiger partial charge on any atom is 0.323 e. The molecule has 2 amide bonds. The van der Waals surface area contributed by atoms with Crippen LogP contribution in [0.5, 0.6) is 0 Å². The maximum absolute atomic E-state index is 12.6. The molecule has 0 saturated heterocycles. The van der Waals surface area contributed by atoms with Gasteiger partial charge in [-0.05, 0) is 25.0 Å². The third-order valence-electron chi connectivity index (χ3n) is 4.37. The molecule has 1 N–H and O–H groups in total. The molecule has 0 fully saturated rings. The van der Waals surface area contributed by atoms with E-state index < -0.39 is 0 Å². The summed E-state index contributed by atoms with van der Waals surface area (Å²) in [5.41, 5.74) is 3.12. The molecule has 3 aromatic rings. The fourth-order valence-corrected chi connectivity index (χ4v) is 3.09. The number of fused-ring (bicyclic) bond motifs is 2. The molecule has 0 unspecified atom stereocenters. The fraction of sp³-hybridized carbons (Fsp3) is 0.294. The van der Waals surface area contributed by atoms with Gasteiger partial charge in [0.2, 0.25) is 0 Å². The largest absolute Gasteiger partial charge is 0.323 e. The first-order valence-corrected chi connectivity index (χ1v) is 7.99. The van der Waals surface area contributed by atoms with Gasteiger partial charge < -0.3 is 4.90 Å². The quantitative estimate of drug-likeness (QED) is 0.746. The molecule has 0 atom stereocenters. The van der Waals surface area contributed by atoms with Crippen LogP contribution in [0.25, 0.3) is 10.9 Å². The van der Waals surface area contributed by atoms with Crippen LogP contribution in [0.3, 0.4) is 0 Å². The highest BCUT2D eigenvalue weighted by Gasteiger charge is 2.21. The van der Waals surface area contributed by atoms with E-state index in [0.29, 0.717) is 18.9 Å². The Bertz CT molecular complexity index is 903. The van der Waals surface area contributed by atoms with Crippen molar-refractivity contribution in [3.05, 3.63) is 47.8 Å². The van der Waals surface area contributed by atoms with E-state index in [1.54, 1.807) is 4.90 Å². The third-order valence-corrected chi connectivity index (χ3v) is 4.37. The molecule has 1 aliphatic heterocycles. The zero-order valence-corrected chi connectivity index (χ0v) is 13.4. The highest BCUT2D eigenvalue weighted by Crippen LogP contribution is 2.19. The summed E-state index contributed by atoms with van der Waals surface area (Å²) in [5.74, 6) is 0.467. The first-order valence-electron chi connectivity index (χ1n) is 7.99. The monoisotopic (exact) mass is 322 g/mol. The molecule has 7 nitrogen and oxygen atoms in total. The number of benzene rings is 1.